The van der Waals surface area contributed by atoms with E-state index in [9.17, 15) is 4.79 Å². The molecule has 8 nitrogen and oxygen atoms in total. The SMILES string of the molecule is Cc1nnc(Sc2ccc(C(=O)Nc3ccccc3)nn2)n1N. The molecule has 0 fully saturated rings. The van der Waals surface area contributed by atoms with Gasteiger partial charge >= 0.3 is 0 Å². The Morgan fingerprint density at radius 1 is 1.09 bits per heavy atom. The van der Waals surface area contributed by atoms with Gasteiger partial charge in [0.15, 0.2) is 5.69 Å². The minimum atomic E-state index is -0.321. The van der Waals surface area contributed by atoms with E-state index >= 15 is 0 Å². The first kappa shape index (κ1) is 15.0. The highest BCUT2D eigenvalue weighted by molar-refractivity contribution is 7.99. The summed E-state index contributed by atoms with van der Waals surface area (Å²) in [6, 6.07) is 12.4. The monoisotopic (exact) mass is 327 g/mol. The highest BCUT2D eigenvalue weighted by Gasteiger charge is 2.12. The number of hydrogen-bond donors (Lipinski definition) is 2. The molecule has 2 heterocycles. The van der Waals surface area contributed by atoms with Crippen LogP contribution in [0.5, 0.6) is 0 Å². The molecule has 0 bridgehead atoms. The predicted octanol–water partition coefficient (Wildman–Crippen LogP) is 1.49. The molecule has 0 aliphatic heterocycles. The number of para-hydroxylation sites is 1. The first-order valence-electron chi connectivity index (χ1n) is 6.68. The molecule has 0 spiro atoms. The molecule has 0 aliphatic rings. The molecule has 1 amide bonds. The van der Waals surface area contributed by atoms with E-state index in [0.717, 1.165) is 0 Å². The normalized spacial score (nSPS) is 10.5. The quantitative estimate of drug-likeness (QED) is 0.698. The number of benzene rings is 1. The van der Waals surface area contributed by atoms with Crippen LogP contribution in [0.4, 0.5) is 5.69 Å². The fourth-order valence-corrected chi connectivity index (χ4v) is 2.44. The highest BCUT2D eigenvalue weighted by Crippen LogP contribution is 2.22. The Kier molecular flexibility index (Phi) is 4.20. The van der Waals surface area contributed by atoms with Crippen LogP contribution < -0.4 is 11.2 Å². The summed E-state index contributed by atoms with van der Waals surface area (Å²) >= 11 is 1.22. The van der Waals surface area contributed by atoms with Gasteiger partial charge in [-0.25, -0.2) is 4.68 Å². The lowest BCUT2D eigenvalue weighted by Gasteiger charge is -2.04. The molecular weight excluding hydrogens is 314 g/mol. The van der Waals surface area contributed by atoms with Gasteiger partial charge in [-0.15, -0.1) is 20.4 Å². The third-order valence-corrected chi connectivity index (χ3v) is 3.82. The van der Waals surface area contributed by atoms with Crippen LogP contribution in [0.2, 0.25) is 0 Å². The number of nitrogen functional groups attached to an aromatic ring is 1. The number of aromatic nitrogens is 5. The van der Waals surface area contributed by atoms with Crippen molar-refractivity contribution < 1.29 is 4.79 Å². The number of aryl methyl sites for hydroxylation is 1. The average molecular weight is 327 g/mol. The molecule has 1 aromatic carbocycles. The van der Waals surface area contributed by atoms with Crippen molar-refractivity contribution in [3.63, 3.8) is 0 Å². The molecule has 3 rings (SSSR count). The number of nitrogens with one attached hydrogen (secondary N) is 1. The Labute approximate surface area is 136 Å². The molecule has 0 radical (unpaired) electrons. The maximum absolute atomic E-state index is 12.1. The van der Waals surface area contributed by atoms with Crippen molar-refractivity contribution in [3.05, 3.63) is 54.0 Å². The van der Waals surface area contributed by atoms with Crippen LogP contribution in [0.1, 0.15) is 16.3 Å². The smallest absolute Gasteiger partial charge is 0.276 e. The second-order valence-electron chi connectivity index (χ2n) is 4.58. The molecule has 0 saturated carbocycles. The molecule has 23 heavy (non-hydrogen) atoms. The number of anilines is 1. The van der Waals surface area contributed by atoms with Crippen LogP contribution in [0.25, 0.3) is 0 Å². The van der Waals surface area contributed by atoms with Gasteiger partial charge in [0, 0.05) is 5.69 Å². The summed E-state index contributed by atoms with van der Waals surface area (Å²) in [5, 5.41) is 19.5. The van der Waals surface area contributed by atoms with E-state index in [1.807, 2.05) is 18.2 Å². The molecule has 3 N–H and O–H groups in total. The third-order valence-electron chi connectivity index (χ3n) is 2.94. The zero-order chi connectivity index (χ0) is 16.2. The second kappa shape index (κ2) is 6.44. The topological polar surface area (TPSA) is 112 Å². The van der Waals surface area contributed by atoms with Crippen LogP contribution in [0.15, 0.2) is 52.6 Å². The number of carbonyl (C=O) groups excluding carboxylic acids is 1. The molecule has 0 unspecified atom stereocenters. The van der Waals surface area contributed by atoms with Gasteiger partial charge in [0.2, 0.25) is 5.16 Å². The average Bonchev–Trinajstić information content (AvgIpc) is 2.88. The van der Waals surface area contributed by atoms with E-state index in [1.165, 1.54) is 16.4 Å². The Morgan fingerprint density at radius 3 is 2.48 bits per heavy atom. The number of carbonyl (C=O) groups is 1. The van der Waals surface area contributed by atoms with Crippen molar-refractivity contribution in [3.8, 4) is 0 Å². The second-order valence-corrected chi connectivity index (χ2v) is 5.57. The van der Waals surface area contributed by atoms with Crippen LogP contribution in [0.3, 0.4) is 0 Å². The lowest BCUT2D eigenvalue weighted by atomic mass is 10.3. The van der Waals surface area contributed by atoms with Gasteiger partial charge in [-0.3, -0.25) is 4.79 Å². The zero-order valence-electron chi connectivity index (χ0n) is 12.2. The Morgan fingerprint density at radius 2 is 1.87 bits per heavy atom. The molecule has 3 aromatic rings. The minimum absolute atomic E-state index is 0.226. The zero-order valence-corrected chi connectivity index (χ0v) is 13.0. The minimum Gasteiger partial charge on any atom is -0.336 e. The van der Waals surface area contributed by atoms with Crippen molar-refractivity contribution in [2.45, 2.75) is 17.1 Å². The molecular formula is C14H13N7OS. The molecule has 0 saturated heterocycles. The van der Waals surface area contributed by atoms with E-state index in [4.69, 9.17) is 5.84 Å². The van der Waals surface area contributed by atoms with Gasteiger partial charge in [-0.1, -0.05) is 18.2 Å². The summed E-state index contributed by atoms with van der Waals surface area (Å²) in [6.07, 6.45) is 0. The molecule has 116 valence electrons. The summed E-state index contributed by atoms with van der Waals surface area (Å²) in [6.45, 7) is 1.75. The largest absolute Gasteiger partial charge is 0.336 e. The maximum atomic E-state index is 12.1. The summed E-state index contributed by atoms with van der Waals surface area (Å²) in [7, 11) is 0. The molecule has 9 heteroatoms. The standard InChI is InChI=1S/C14H13N7OS/c1-9-17-20-14(21(9)15)23-12-8-7-11(18-19-12)13(22)16-10-5-3-2-4-6-10/h2-8H,15H2,1H3,(H,16,22). The maximum Gasteiger partial charge on any atom is 0.276 e. The first-order valence-corrected chi connectivity index (χ1v) is 7.50. The summed E-state index contributed by atoms with van der Waals surface area (Å²) < 4.78 is 1.36. The van der Waals surface area contributed by atoms with Gasteiger partial charge in [-0.05, 0) is 43.0 Å². The van der Waals surface area contributed by atoms with Gasteiger partial charge < -0.3 is 11.2 Å². The summed E-state index contributed by atoms with van der Waals surface area (Å²) in [5.74, 6) is 6.05. The van der Waals surface area contributed by atoms with E-state index in [-0.39, 0.29) is 11.6 Å². The fourth-order valence-electron chi connectivity index (χ4n) is 1.73. The van der Waals surface area contributed by atoms with E-state index in [2.05, 4.69) is 25.7 Å². The lowest BCUT2D eigenvalue weighted by molar-refractivity contribution is 0.102. The van der Waals surface area contributed by atoms with E-state index in [0.29, 0.717) is 21.7 Å². The number of amides is 1. The first-order chi connectivity index (χ1) is 11.1. The van der Waals surface area contributed by atoms with Crippen molar-refractivity contribution >= 4 is 23.4 Å². The van der Waals surface area contributed by atoms with Gasteiger partial charge in [0.25, 0.3) is 5.91 Å². The van der Waals surface area contributed by atoms with Crippen LogP contribution in [-0.2, 0) is 0 Å². The van der Waals surface area contributed by atoms with Crippen LogP contribution in [-0.4, -0.2) is 31.0 Å². The van der Waals surface area contributed by atoms with Crippen molar-refractivity contribution in [2.24, 2.45) is 0 Å². The Bertz CT molecular complexity index is 817. The Balaban J connectivity index is 1.69. The van der Waals surface area contributed by atoms with E-state index < -0.39 is 0 Å². The summed E-state index contributed by atoms with van der Waals surface area (Å²) in [4.78, 5) is 12.1. The number of hydrogen-bond acceptors (Lipinski definition) is 7. The molecule has 0 atom stereocenters. The van der Waals surface area contributed by atoms with Crippen molar-refractivity contribution in [1.29, 1.82) is 0 Å². The van der Waals surface area contributed by atoms with Gasteiger partial charge in [0.05, 0.1) is 0 Å². The number of nitrogens with two attached hydrogens (primary N) is 1. The molecule has 0 aliphatic carbocycles. The fraction of sp³-hybridized carbons (Fsp3) is 0.0714. The highest BCUT2D eigenvalue weighted by atomic mass is 32.2. The lowest BCUT2D eigenvalue weighted by Crippen LogP contribution is -2.14. The van der Waals surface area contributed by atoms with E-state index in [1.54, 1.807) is 31.2 Å². The molecule has 2 aromatic heterocycles. The van der Waals surface area contributed by atoms with Gasteiger partial charge in [-0.2, -0.15) is 0 Å². The van der Waals surface area contributed by atoms with Crippen LogP contribution in [0, 0.1) is 6.92 Å². The van der Waals surface area contributed by atoms with Crippen LogP contribution >= 0.6 is 11.8 Å². The van der Waals surface area contributed by atoms with Crippen molar-refractivity contribution in [1.82, 2.24) is 25.1 Å². The van der Waals surface area contributed by atoms with Crippen molar-refractivity contribution in [2.75, 3.05) is 11.2 Å². The predicted molar refractivity (Wildman–Crippen MR) is 85.5 cm³/mol. The van der Waals surface area contributed by atoms with Gasteiger partial charge in [0.1, 0.15) is 10.9 Å². The number of nitrogens with zero attached hydrogens (tertiary/aromatic N) is 5. The summed E-state index contributed by atoms with van der Waals surface area (Å²) in [5.41, 5.74) is 0.924. The Hall–Kier alpha value is -2.94. The third kappa shape index (κ3) is 3.46. The number of rotatable bonds is 4.